The molecule has 0 bridgehead atoms. The molecule has 0 N–H and O–H groups in total. The van der Waals surface area contributed by atoms with Gasteiger partial charge in [-0.05, 0) is 41.3 Å². The molecular formula is C24H22ClFN2O3. The lowest BCUT2D eigenvalue weighted by Crippen LogP contribution is -2.50. The predicted octanol–water partition coefficient (Wildman–Crippen LogP) is 4.36. The maximum absolute atomic E-state index is 13.2. The van der Waals surface area contributed by atoms with Gasteiger partial charge in [-0.15, -0.1) is 11.6 Å². The second kappa shape index (κ2) is 9.90. The van der Waals surface area contributed by atoms with Crippen LogP contribution in [0, 0.1) is 5.82 Å². The third-order valence-corrected chi connectivity index (χ3v) is 5.28. The van der Waals surface area contributed by atoms with Crippen molar-refractivity contribution in [1.82, 2.24) is 4.98 Å². The van der Waals surface area contributed by atoms with Crippen molar-refractivity contribution in [3.05, 3.63) is 89.4 Å². The van der Waals surface area contributed by atoms with Crippen molar-refractivity contribution >= 4 is 23.2 Å². The average molecular weight is 441 g/mol. The summed E-state index contributed by atoms with van der Waals surface area (Å²) in [6, 6.07) is 17.7. The van der Waals surface area contributed by atoms with Crippen molar-refractivity contribution in [2.24, 2.45) is 0 Å². The monoisotopic (exact) mass is 440 g/mol. The lowest BCUT2D eigenvalue weighted by Gasteiger charge is -2.36. The number of halogens is 2. The van der Waals surface area contributed by atoms with Gasteiger partial charge in [-0.3, -0.25) is 9.69 Å². The molecule has 0 spiro atoms. The van der Waals surface area contributed by atoms with Crippen LogP contribution in [0.5, 0.6) is 5.88 Å². The van der Waals surface area contributed by atoms with Gasteiger partial charge in [0.25, 0.3) is 0 Å². The van der Waals surface area contributed by atoms with Crippen LogP contribution < -0.4 is 9.64 Å². The van der Waals surface area contributed by atoms with Gasteiger partial charge < -0.3 is 9.47 Å². The first kappa shape index (κ1) is 21.3. The zero-order chi connectivity index (χ0) is 21.6. The molecule has 1 amide bonds. The molecule has 7 heteroatoms. The van der Waals surface area contributed by atoms with E-state index in [1.807, 2.05) is 36.4 Å². The number of rotatable bonds is 7. The molecule has 160 valence electrons. The normalized spacial score (nSPS) is 15.3. The first-order chi connectivity index (χ1) is 15.1. The van der Waals surface area contributed by atoms with Gasteiger partial charge in [0.15, 0.2) is 0 Å². The molecule has 1 unspecified atom stereocenters. The predicted molar refractivity (Wildman–Crippen MR) is 117 cm³/mol. The number of pyridine rings is 1. The van der Waals surface area contributed by atoms with Gasteiger partial charge in [0.1, 0.15) is 24.0 Å². The van der Waals surface area contributed by atoms with Gasteiger partial charge >= 0.3 is 0 Å². The van der Waals surface area contributed by atoms with E-state index in [1.54, 1.807) is 23.2 Å². The molecule has 0 aliphatic carbocycles. The summed E-state index contributed by atoms with van der Waals surface area (Å²) in [6.45, 7) is 1.02. The van der Waals surface area contributed by atoms with Gasteiger partial charge in [-0.1, -0.05) is 42.5 Å². The van der Waals surface area contributed by atoms with E-state index in [1.165, 1.54) is 12.1 Å². The third-order valence-electron chi connectivity index (χ3n) is 5.05. The Hall–Kier alpha value is -2.96. The molecule has 0 fully saturated rings. The van der Waals surface area contributed by atoms with Crippen LogP contribution in [-0.2, 0) is 22.6 Å². The van der Waals surface area contributed by atoms with E-state index in [-0.39, 0.29) is 30.3 Å². The number of nitrogens with zero attached hydrogens (tertiary/aromatic N) is 2. The van der Waals surface area contributed by atoms with Crippen molar-refractivity contribution in [1.29, 1.82) is 0 Å². The van der Waals surface area contributed by atoms with Crippen molar-refractivity contribution in [3.8, 4) is 5.88 Å². The minimum absolute atomic E-state index is 0.156. The summed E-state index contributed by atoms with van der Waals surface area (Å²) in [5.41, 5.74) is 3.45. The molecule has 1 aliphatic heterocycles. The number of benzene rings is 2. The van der Waals surface area contributed by atoms with Gasteiger partial charge in [0, 0.05) is 6.20 Å². The molecule has 1 atom stereocenters. The number of amides is 1. The molecule has 3 aromatic rings. The largest absolute Gasteiger partial charge is 0.474 e. The van der Waals surface area contributed by atoms with E-state index in [4.69, 9.17) is 21.1 Å². The molecule has 4 rings (SSSR count). The van der Waals surface area contributed by atoms with E-state index in [2.05, 4.69) is 4.98 Å². The van der Waals surface area contributed by atoms with Gasteiger partial charge in [0.05, 0.1) is 19.3 Å². The summed E-state index contributed by atoms with van der Waals surface area (Å²) in [6.07, 6.45) is 2.26. The van der Waals surface area contributed by atoms with Crippen LogP contribution in [0.1, 0.15) is 16.7 Å². The maximum atomic E-state index is 13.2. The second-order valence-electron chi connectivity index (χ2n) is 7.33. The summed E-state index contributed by atoms with van der Waals surface area (Å²) in [4.78, 5) is 18.7. The minimum Gasteiger partial charge on any atom is -0.474 e. The Morgan fingerprint density at radius 1 is 1.13 bits per heavy atom. The van der Waals surface area contributed by atoms with Crippen LogP contribution in [-0.4, -0.2) is 36.0 Å². The molecule has 5 nitrogen and oxygen atoms in total. The molecule has 0 radical (unpaired) electrons. The van der Waals surface area contributed by atoms with E-state index in [9.17, 15) is 9.18 Å². The molecular weight excluding hydrogens is 419 g/mol. The lowest BCUT2D eigenvalue weighted by molar-refractivity contribution is -0.117. The summed E-state index contributed by atoms with van der Waals surface area (Å²) < 4.78 is 24.9. The smallest absolute Gasteiger partial charge is 0.242 e. The number of carbonyl (C=O) groups is 1. The Balaban J connectivity index is 1.52. The van der Waals surface area contributed by atoms with E-state index < -0.39 is 0 Å². The fraction of sp³-hybridized carbons (Fsp3) is 0.250. The Morgan fingerprint density at radius 2 is 1.90 bits per heavy atom. The number of hydrogen-bond acceptors (Lipinski definition) is 4. The van der Waals surface area contributed by atoms with E-state index in [0.717, 1.165) is 16.7 Å². The van der Waals surface area contributed by atoms with Crippen LogP contribution >= 0.6 is 11.6 Å². The third kappa shape index (κ3) is 5.21. The summed E-state index contributed by atoms with van der Waals surface area (Å²) in [5, 5.41) is 0. The van der Waals surface area contributed by atoms with Gasteiger partial charge in [-0.25, -0.2) is 9.37 Å². The van der Waals surface area contributed by atoms with Crippen LogP contribution in [0.3, 0.4) is 0 Å². The zero-order valence-electron chi connectivity index (χ0n) is 16.8. The maximum Gasteiger partial charge on any atom is 0.242 e. The first-order valence-corrected chi connectivity index (χ1v) is 10.5. The minimum atomic E-state index is -0.315. The van der Waals surface area contributed by atoms with Crippen LogP contribution in [0.4, 0.5) is 10.1 Å². The lowest BCUT2D eigenvalue weighted by atomic mass is 10.1. The Labute approximate surface area is 185 Å². The quantitative estimate of drug-likeness (QED) is 0.512. The SMILES string of the molecule is O=C(CCl)N1c2cc(Cc3ccc(F)cc3)cnc2OCC1COCc1ccccc1. The molecule has 2 heterocycles. The van der Waals surface area contributed by atoms with E-state index in [0.29, 0.717) is 31.2 Å². The van der Waals surface area contributed by atoms with Crippen LogP contribution in [0.25, 0.3) is 0 Å². The summed E-state index contributed by atoms with van der Waals surface area (Å²) in [5.74, 6) is -0.282. The molecule has 1 aliphatic rings. The molecule has 2 aromatic carbocycles. The highest BCUT2D eigenvalue weighted by Gasteiger charge is 2.33. The highest BCUT2D eigenvalue weighted by atomic mass is 35.5. The van der Waals surface area contributed by atoms with Crippen LogP contribution in [0.15, 0.2) is 66.9 Å². The number of alkyl halides is 1. The standard InChI is InChI=1S/C24H22ClFN2O3/c25-12-23(29)28-21(15-30-14-18-4-2-1-3-5-18)16-31-24-22(28)11-19(13-27-24)10-17-6-8-20(26)9-7-17/h1-9,11,13,21H,10,12,14-16H2. The summed E-state index contributed by atoms with van der Waals surface area (Å²) in [7, 11) is 0. The van der Waals surface area contributed by atoms with Crippen molar-refractivity contribution < 1.29 is 18.7 Å². The Morgan fingerprint density at radius 3 is 2.65 bits per heavy atom. The molecule has 31 heavy (non-hydrogen) atoms. The fourth-order valence-corrected chi connectivity index (χ4v) is 3.69. The van der Waals surface area contributed by atoms with Crippen molar-refractivity contribution in [3.63, 3.8) is 0 Å². The van der Waals surface area contributed by atoms with E-state index >= 15 is 0 Å². The number of carbonyl (C=O) groups excluding carboxylic acids is 1. The summed E-state index contributed by atoms with van der Waals surface area (Å²) >= 11 is 5.90. The van der Waals surface area contributed by atoms with Gasteiger partial charge in [0.2, 0.25) is 11.8 Å². The van der Waals surface area contributed by atoms with Crippen LogP contribution in [0.2, 0.25) is 0 Å². The topological polar surface area (TPSA) is 51.7 Å². The highest BCUT2D eigenvalue weighted by molar-refractivity contribution is 6.29. The highest BCUT2D eigenvalue weighted by Crippen LogP contribution is 2.34. The number of hydrogen-bond donors (Lipinski definition) is 0. The number of anilines is 1. The molecule has 0 saturated heterocycles. The average Bonchev–Trinajstić information content (AvgIpc) is 2.80. The number of aromatic nitrogens is 1. The first-order valence-electron chi connectivity index (χ1n) is 10.00. The Bertz CT molecular complexity index is 1030. The zero-order valence-corrected chi connectivity index (χ0v) is 17.6. The van der Waals surface area contributed by atoms with Crippen molar-refractivity contribution in [2.45, 2.75) is 19.1 Å². The molecule has 1 aromatic heterocycles. The number of fused-ring (bicyclic) bond motifs is 1. The second-order valence-corrected chi connectivity index (χ2v) is 7.60. The Kier molecular flexibility index (Phi) is 6.79. The fourth-order valence-electron chi connectivity index (χ4n) is 3.56. The number of ether oxygens (including phenoxy) is 2. The van der Waals surface area contributed by atoms with Gasteiger partial charge in [-0.2, -0.15) is 0 Å². The molecule has 0 saturated carbocycles. The van der Waals surface area contributed by atoms with Crippen molar-refractivity contribution in [2.75, 3.05) is 24.0 Å².